The van der Waals surface area contributed by atoms with Gasteiger partial charge in [0.2, 0.25) is 5.91 Å². The van der Waals surface area contributed by atoms with E-state index in [4.69, 9.17) is 11.6 Å². The average Bonchev–Trinajstić information content (AvgIpc) is 3.16. The van der Waals surface area contributed by atoms with Gasteiger partial charge in [-0.15, -0.1) is 0 Å². The number of benzene rings is 3. The number of anilines is 2. The van der Waals surface area contributed by atoms with Crippen LogP contribution in [0.4, 0.5) is 33.7 Å². The summed E-state index contributed by atoms with van der Waals surface area (Å²) in [7, 11) is -3.19. The normalized spacial score (nSPS) is 15.7. The van der Waals surface area contributed by atoms with Crippen molar-refractivity contribution in [3.8, 4) is 11.1 Å². The van der Waals surface area contributed by atoms with E-state index < -0.39 is 48.4 Å². The van der Waals surface area contributed by atoms with E-state index in [1.807, 2.05) is 0 Å². The second-order valence-electron chi connectivity index (χ2n) is 8.80. The molecule has 1 aliphatic rings. The summed E-state index contributed by atoms with van der Waals surface area (Å²) in [4.78, 5) is 26.1. The maximum absolute atomic E-state index is 15.2. The number of carbonyl (C=O) groups is 2. The first-order chi connectivity index (χ1) is 17.4. The van der Waals surface area contributed by atoms with Crippen LogP contribution >= 0.6 is 18.7 Å². The standard InChI is InChI=1S/C25H21ClF4N3O3P/c1-37(2,36)23-15(4-3-5-16(23)27)14-7-9-20(22(30)21(14)29)33-11-10-19(24(33)34)32-25(35)31-18-8-6-13(26)12-17(18)28/h3-9,12,19H,10-11H2,1-2H3,(H2,31,32,35). The van der Waals surface area contributed by atoms with Crippen molar-refractivity contribution < 1.29 is 31.7 Å². The van der Waals surface area contributed by atoms with Gasteiger partial charge in [-0.2, -0.15) is 0 Å². The van der Waals surface area contributed by atoms with Gasteiger partial charge >= 0.3 is 6.03 Å². The highest BCUT2D eigenvalue weighted by molar-refractivity contribution is 7.70. The lowest BCUT2D eigenvalue weighted by molar-refractivity contribution is -0.118. The first-order valence-electron chi connectivity index (χ1n) is 11.0. The third-order valence-corrected chi connectivity index (χ3v) is 7.62. The molecule has 12 heteroatoms. The van der Waals surface area contributed by atoms with Gasteiger partial charge < -0.3 is 20.1 Å². The molecule has 4 rings (SSSR count). The van der Waals surface area contributed by atoms with Gasteiger partial charge in [0, 0.05) is 17.1 Å². The number of amides is 3. The zero-order chi connectivity index (χ0) is 27.1. The lowest BCUT2D eigenvalue weighted by atomic mass is 10.0. The molecule has 0 saturated carbocycles. The van der Waals surface area contributed by atoms with Crippen LogP contribution in [-0.4, -0.2) is 37.9 Å². The summed E-state index contributed by atoms with van der Waals surface area (Å²) < 4.78 is 71.4. The predicted molar refractivity (Wildman–Crippen MR) is 135 cm³/mol. The summed E-state index contributed by atoms with van der Waals surface area (Å²) in [5.41, 5.74) is -0.873. The topological polar surface area (TPSA) is 78.5 Å². The fourth-order valence-corrected chi connectivity index (χ4v) is 5.72. The Morgan fingerprint density at radius 2 is 1.73 bits per heavy atom. The number of rotatable bonds is 5. The molecular weight excluding hydrogens is 533 g/mol. The molecule has 3 amide bonds. The van der Waals surface area contributed by atoms with Crippen LogP contribution in [0.15, 0.2) is 48.5 Å². The van der Waals surface area contributed by atoms with E-state index in [0.29, 0.717) is 0 Å². The molecule has 0 radical (unpaired) electrons. The summed E-state index contributed by atoms with van der Waals surface area (Å²) in [6, 6.07) is 7.78. The average molecular weight is 554 g/mol. The van der Waals surface area contributed by atoms with Crippen LogP contribution in [0, 0.1) is 23.3 Å². The Kier molecular flexibility index (Phi) is 7.35. The predicted octanol–water partition coefficient (Wildman–Crippen LogP) is 5.74. The minimum atomic E-state index is -3.19. The maximum Gasteiger partial charge on any atom is 0.319 e. The fraction of sp³-hybridized carbons (Fsp3) is 0.200. The highest BCUT2D eigenvalue weighted by atomic mass is 35.5. The van der Waals surface area contributed by atoms with Crippen molar-refractivity contribution in [2.75, 3.05) is 30.1 Å². The van der Waals surface area contributed by atoms with E-state index in [-0.39, 0.29) is 45.8 Å². The second kappa shape index (κ2) is 10.2. The van der Waals surface area contributed by atoms with Crippen molar-refractivity contribution in [2.45, 2.75) is 12.5 Å². The number of urea groups is 1. The lowest BCUT2D eigenvalue weighted by Gasteiger charge is -2.20. The van der Waals surface area contributed by atoms with E-state index >= 15 is 8.78 Å². The minimum absolute atomic E-state index is 0.0286. The Bertz CT molecular complexity index is 1460. The molecule has 0 aromatic heterocycles. The van der Waals surface area contributed by atoms with Gasteiger partial charge in [0.25, 0.3) is 0 Å². The van der Waals surface area contributed by atoms with Gasteiger partial charge in [-0.05, 0) is 61.7 Å². The Morgan fingerprint density at radius 3 is 2.41 bits per heavy atom. The van der Waals surface area contributed by atoms with E-state index in [1.165, 1.54) is 49.7 Å². The molecule has 194 valence electrons. The number of hydrogen-bond acceptors (Lipinski definition) is 3. The quantitative estimate of drug-likeness (QED) is 0.312. The fourth-order valence-electron chi connectivity index (χ4n) is 4.20. The smallest absolute Gasteiger partial charge is 0.319 e. The summed E-state index contributed by atoms with van der Waals surface area (Å²) in [6.45, 7) is 2.62. The van der Waals surface area contributed by atoms with Crippen LogP contribution in [0.1, 0.15) is 6.42 Å². The van der Waals surface area contributed by atoms with Gasteiger partial charge in [0.15, 0.2) is 11.6 Å². The van der Waals surface area contributed by atoms with Crippen LogP contribution in [-0.2, 0) is 9.36 Å². The van der Waals surface area contributed by atoms with Gasteiger partial charge in [-0.1, -0.05) is 23.7 Å². The van der Waals surface area contributed by atoms with Crippen molar-refractivity contribution in [1.29, 1.82) is 0 Å². The molecule has 1 saturated heterocycles. The number of carbonyl (C=O) groups excluding carboxylic acids is 2. The Morgan fingerprint density at radius 1 is 1.00 bits per heavy atom. The third kappa shape index (κ3) is 5.36. The SMILES string of the molecule is CP(C)(=O)c1c(F)cccc1-c1ccc(N2CCC(NC(=O)Nc3ccc(Cl)cc3F)C2=O)c(F)c1F. The molecule has 0 spiro atoms. The first kappa shape index (κ1) is 26.7. The monoisotopic (exact) mass is 553 g/mol. The van der Waals surface area contributed by atoms with Crippen molar-refractivity contribution in [1.82, 2.24) is 5.32 Å². The van der Waals surface area contributed by atoms with Crippen molar-refractivity contribution >= 4 is 47.4 Å². The van der Waals surface area contributed by atoms with E-state index in [1.54, 1.807) is 0 Å². The number of nitrogens with one attached hydrogen (secondary N) is 2. The van der Waals surface area contributed by atoms with Crippen LogP contribution in [0.3, 0.4) is 0 Å². The Balaban J connectivity index is 1.55. The summed E-state index contributed by atoms with van der Waals surface area (Å²) in [6.07, 6.45) is 0.0844. The van der Waals surface area contributed by atoms with Crippen LogP contribution < -0.4 is 20.8 Å². The molecule has 1 heterocycles. The molecule has 0 aliphatic carbocycles. The zero-order valence-electron chi connectivity index (χ0n) is 19.6. The van der Waals surface area contributed by atoms with Gasteiger partial charge in [-0.3, -0.25) is 4.79 Å². The lowest BCUT2D eigenvalue weighted by Crippen LogP contribution is -2.43. The molecule has 2 N–H and O–H groups in total. The molecule has 1 aliphatic heterocycles. The molecule has 1 fully saturated rings. The van der Waals surface area contributed by atoms with Crippen molar-refractivity contribution in [3.63, 3.8) is 0 Å². The number of halogens is 5. The third-order valence-electron chi connectivity index (χ3n) is 5.86. The molecule has 1 atom stereocenters. The number of nitrogens with zero attached hydrogens (tertiary/aromatic N) is 1. The summed E-state index contributed by atoms with van der Waals surface area (Å²) in [5.74, 6) is -4.95. The molecular formula is C25H21ClF4N3O3P. The second-order valence-corrected chi connectivity index (χ2v) is 12.4. The molecule has 0 bridgehead atoms. The maximum atomic E-state index is 15.2. The molecule has 3 aromatic rings. The summed E-state index contributed by atoms with van der Waals surface area (Å²) >= 11 is 5.68. The Hall–Kier alpha value is -3.36. The largest absolute Gasteiger partial charge is 0.326 e. The molecule has 37 heavy (non-hydrogen) atoms. The van der Waals surface area contributed by atoms with Gasteiger partial charge in [-0.25, -0.2) is 22.4 Å². The zero-order valence-corrected chi connectivity index (χ0v) is 21.3. The van der Waals surface area contributed by atoms with E-state index in [9.17, 15) is 22.9 Å². The van der Waals surface area contributed by atoms with Crippen molar-refractivity contribution in [3.05, 3.63) is 76.8 Å². The van der Waals surface area contributed by atoms with Crippen molar-refractivity contribution in [2.24, 2.45) is 0 Å². The minimum Gasteiger partial charge on any atom is -0.326 e. The summed E-state index contributed by atoms with van der Waals surface area (Å²) in [5, 5.41) is 4.59. The molecule has 3 aromatic carbocycles. The highest BCUT2D eigenvalue weighted by Crippen LogP contribution is 2.41. The van der Waals surface area contributed by atoms with Crippen LogP contribution in [0.25, 0.3) is 11.1 Å². The van der Waals surface area contributed by atoms with Gasteiger partial charge in [0.1, 0.15) is 24.8 Å². The van der Waals surface area contributed by atoms with E-state index in [0.717, 1.165) is 17.0 Å². The number of hydrogen-bond donors (Lipinski definition) is 2. The molecule has 1 unspecified atom stereocenters. The highest BCUT2D eigenvalue weighted by Gasteiger charge is 2.36. The molecule has 6 nitrogen and oxygen atoms in total. The van der Waals surface area contributed by atoms with E-state index in [2.05, 4.69) is 10.6 Å². The Labute approximate surface area is 215 Å². The van der Waals surface area contributed by atoms with Gasteiger partial charge in [0.05, 0.1) is 16.7 Å². The van der Waals surface area contributed by atoms with Crippen LogP contribution in [0.2, 0.25) is 5.02 Å². The first-order valence-corrected chi connectivity index (χ1v) is 14.0. The van der Waals surface area contributed by atoms with Crippen LogP contribution in [0.5, 0.6) is 0 Å².